The van der Waals surface area contributed by atoms with Gasteiger partial charge in [-0.25, -0.2) is 0 Å². The predicted octanol–water partition coefficient (Wildman–Crippen LogP) is 6.59. The van der Waals surface area contributed by atoms with E-state index in [-0.39, 0.29) is 12.2 Å². The summed E-state index contributed by atoms with van der Waals surface area (Å²) in [5.74, 6) is 2.52. The van der Waals surface area contributed by atoms with Crippen LogP contribution < -0.4 is 0 Å². The van der Waals surface area contributed by atoms with Crippen molar-refractivity contribution in [2.45, 2.75) is 104 Å². The molecule has 0 aromatic carbocycles. The Labute approximate surface area is 179 Å². The molecule has 6 atom stereocenters. The summed E-state index contributed by atoms with van der Waals surface area (Å²) in [4.78, 5) is 0. The Morgan fingerprint density at radius 1 is 1.10 bits per heavy atom. The van der Waals surface area contributed by atoms with Crippen LogP contribution in [0.25, 0.3) is 0 Å². The Morgan fingerprint density at radius 2 is 1.86 bits per heavy atom. The average Bonchev–Trinajstić information content (AvgIpc) is 3.04. The summed E-state index contributed by atoms with van der Waals surface area (Å²) >= 11 is 0. The average molecular weight is 401 g/mol. The van der Waals surface area contributed by atoms with E-state index in [0.717, 1.165) is 38.0 Å². The van der Waals surface area contributed by atoms with Crippen LogP contribution in [0.4, 0.5) is 0 Å². The van der Waals surface area contributed by atoms with Gasteiger partial charge in [-0.2, -0.15) is 0 Å². The van der Waals surface area contributed by atoms with Crippen molar-refractivity contribution in [3.8, 4) is 0 Å². The molecule has 0 aromatic heterocycles. The van der Waals surface area contributed by atoms with E-state index in [1.807, 2.05) is 0 Å². The van der Waals surface area contributed by atoms with Crippen molar-refractivity contribution in [2.75, 3.05) is 0 Å². The standard InChI is InChI=1S/C27H44O2/c1-18(2)26(29)15-9-20(4)24-13-14-25-21(7-6-16-27(24,25)5)10-11-22-17-23(28)12-8-19(22)3/h10-11,18,20,23-26,28-29H,3,6-9,12-17H2,1-2,4-5H3/b21-10+,22-11-/t20-,23+,24-,25+,26?,27-/m1/s1. The Morgan fingerprint density at radius 3 is 2.59 bits per heavy atom. The van der Waals surface area contributed by atoms with E-state index < -0.39 is 0 Å². The molecular weight excluding hydrogens is 356 g/mol. The SMILES string of the molecule is C=C1CC[C@H](O)C/C1=C/C=C1\CCC[C@]2(C)[C@@H]([C@H](C)CCC(O)C(C)C)CC[C@@H]12. The van der Waals surface area contributed by atoms with Crippen LogP contribution in [0.1, 0.15) is 91.9 Å². The molecule has 0 heterocycles. The summed E-state index contributed by atoms with van der Waals surface area (Å²) in [6.45, 7) is 13.4. The topological polar surface area (TPSA) is 40.5 Å². The minimum Gasteiger partial charge on any atom is -0.393 e. The molecule has 2 heteroatoms. The van der Waals surface area contributed by atoms with Crippen molar-refractivity contribution >= 4 is 0 Å². The van der Waals surface area contributed by atoms with Crippen LogP contribution in [0.15, 0.2) is 35.5 Å². The minimum absolute atomic E-state index is 0.158. The fourth-order valence-electron chi connectivity index (χ4n) is 6.58. The van der Waals surface area contributed by atoms with E-state index in [9.17, 15) is 10.2 Å². The van der Waals surface area contributed by atoms with Crippen LogP contribution >= 0.6 is 0 Å². The minimum atomic E-state index is -0.195. The van der Waals surface area contributed by atoms with Crippen molar-refractivity contribution in [1.29, 1.82) is 0 Å². The van der Waals surface area contributed by atoms with Gasteiger partial charge in [0.2, 0.25) is 0 Å². The quantitative estimate of drug-likeness (QED) is 0.528. The summed E-state index contributed by atoms with van der Waals surface area (Å²) in [6, 6.07) is 0. The zero-order valence-electron chi connectivity index (χ0n) is 19.3. The van der Waals surface area contributed by atoms with Crippen molar-refractivity contribution < 1.29 is 10.2 Å². The van der Waals surface area contributed by atoms with Gasteiger partial charge in [0.25, 0.3) is 0 Å². The van der Waals surface area contributed by atoms with Crippen LogP contribution in [0, 0.1) is 29.1 Å². The molecule has 0 spiro atoms. The lowest BCUT2D eigenvalue weighted by Gasteiger charge is -2.44. The van der Waals surface area contributed by atoms with Gasteiger partial charge in [0.05, 0.1) is 12.2 Å². The zero-order chi connectivity index (χ0) is 21.2. The third-order valence-electron chi connectivity index (χ3n) is 8.60. The maximum atomic E-state index is 10.3. The number of hydrogen-bond donors (Lipinski definition) is 2. The van der Waals surface area contributed by atoms with Crippen LogP contribution in [0.5, 0.6) is 0 Å². The summed E-state index contributed by atoms with van der Waals surface area (Å²) < 4.78 is 0. The van der Waals surface area contributed by atoms with Crippen LogP contribution in [0.3, 0.4) is 0 Å². The normalized spacial score (nSPS) is 37.9. The van der Waals surface area contributed by atoms with Crippen molar-refractivity contribution in [2.24, 2.45) is 29.1 Å². The summed E-state index contributed by atoms with van der Waals surface area (Å²) in [5, 5.41) is 20.3. The number of rotatable bonds is 6. The van der Waals surface area contributed by atoms with Gasteiger partial charge in [-0.1, -0.05) is 57.6 Å². The van der Waals surface area contributed by atoms with E-state index in [1.165, 1.54) is 43.3 Å². The molecule has 0 saturated heterocycles. The molecule has 164 valence electrons. The summed E-state index contributed by atoms with van der Waals surface area (Å²) in [7, 11) is 0. The maximum Gasteiger partial charge on any atom is 0.0583 e. The van der Waals surface area contributed by atoms with E-state index in [4.69, 9.17) is 0 Å². The van der Waals surface area contributed by atoms with Gasteiger partial charge in [0, 0.05) is 0 Å². The van der Waals surface area contributed by atoms with Gasteiger partial charge in [-0.3, -0.25) is 0 Å². The monoisotopic (exact) mass is 400 g/mol. The molecule has 0 aromatic rings. The van der Waals surface area contributed by atoms with Crippen molar-refractivity contribution in [1.82, 2.24) is 0 Å². The maximum absolute atomic E-state index is 10.3. The number of hydrogen-bond acceptors (Lipinski definition) is 2. The number of fused-ring (bicyclic) bond motifs is 1. The van der Waals surface area contributed by atoms with E-state index in [2.05, 4.69) is 46.4 Å². The van der Waals surface area contributed by atoms with Crippen LogP contribution in [-0.4, -0.2) is 22.4 Å². The van der Waals surface area contributed by atoms with Crippen LogP contribution in [-0.2, 0) is 0 Å². The lowest BCUT2D eigenvalue weighted by molar-refractivity contribution is 0.0717. The molecule has 2 nitrogen and oxygen atoms in total. The van der Waals surface area contributed by atoms with Gasteiger partial charge in [0.15, 0.2) is 0 Å². The highest BCUT2D eigenvalue weighted by molar-refractivity contribution is 5.36. The lowest BCUT2D eigenvalue weighted by Crippen LogP contribution is -2.36. The highest BCUT2D eigenvalue weighted by atomic mass is 16.3. The molecule has 3 aliphatic rings. The first kappa shape index (κ1) is 22.8. The number of aliphatic hydroxyl groups is 2. The van der Waals surface area contributed by atoms with Gasteiger partial charge in [-0.15, -0.1) is 0 Å². The molecule has 3 rings (SSSR count). The molecule has 0 radical (unpaired) electrons. The second-order valence-corrected chi connectivity index (χ2v) is 10.9. The largest absolute Gasteiger partial charge is 0.393 e. The summed E-state index contributed by atoms with van der Waals surface area (Å²) in [6.07, 6.45) is 15.5. The van der Waals surface area contributed by atoms with Gasteiger partial charge >= 0.3 is 0 Å². The van der Waals surface area contributed by atoms with E-state index in [1.54, 1.807) is 5.57 Å². The molecule has 1 unspecified atom stereocenters. The smallest absolute Gasteiger partial charge is 0.0583 e. The molecule has 3 fully saturated rings. The Kier molecular flexibility index (Phi) is 7.49. The third kappa shape index (κ3) is 5.07. The summed E-state index contributed by atoms with van der Waals surface area (Å²) in [5.41, 5.74) is 4.52. The Balaban J connectivity index is 1.70. The molecule has 3 aliphatic carbocycles. The first-order chi connectivity index (χ1) is 13.7. The molecule has 2 N–H and O–H groups in total. The molecule has 0 bridgehead atoms. The van der Waals surface area contributed by atoms with Crippen LogP contribution in [0.2, 0.25) is 0 Å². The zero-order valence-corrected chi connectivity index (χ0v) is 19.3. The fraction of sp³-hybridized carbons (Fsp3) is 0.778. The highest BCUT2D eigenvalue weighted by Gasteiger charge is 2.50. The number of aliphatic hydroxyl groups excluding tert-OH is 2. The third-order valence-corrected chi connectivity index (χ3v) is 8.60. The molecular formula is C27H44O2. The van der Waals surface area contributed by atoms with Gasteiger partial charge in [0.1, 0.15) is 0 Å². The molecule has 29 heavy (non-hydrogen) atoms. The fourth-order valence-corrected chi connectivity index (χ4v) is 6.58. The van der Waals surface area contributed by atoms with Gasteiger partial charge < -0.3 is 10.2 Å². The lowest BCUT2D eigenvalue weighted by atomic mass is 9.60. The first-order valence-electron chi connectivity index (χ1n) is 12.2. The second kappa shape index (κ2) is 9.52. The van der Waals surface area contributed by atoms with Crippen molar-refractivity contribution in [3.63, 3.8) is 0 Å². The van der Waals surface area contributed by atoms with Crippen molar-refractivity contribution in [3.05, 3.63) is 35.5 Å². The van der Waals surface area contributed by atoms with E-state index in [0.29, 0.717) is 23.2 Å². The van der Waals surface area contributed by atoms with E-state index >= 15 is 0 Å². The predicted molar refractivity (Wildman–Crippen MR) is 123 cm³/mol. The number of allylic oxidation sites excluding steroid dienone is 4. The Hall–Kier alpha value is -0.860. The molecule has 3 saturated carbocycles. The highest BCUT2D eigenvalue weighted by Crippen LogP contribution is 2.59. The van der Waals surface area contributed by atoms with Gasteiger partial charge in [-0.05, 0) is 98.9 Å². The molecule has 0 aliphatic heterocycles. The Bertz CT molecular complexity index is 643. The molecule has 0 amide bonds. The first-order valence-corrected chi connectivity index (χ1v) is 12.2. The second-order valence-electron chi connectivity index (χ2n) is 10.9.